The summed E-state index contributed by atoms with van der Waals surface area (Å²) < 4.78 is 21.7. The molecule has 4 atom stereocenters. The van der Waals surface area contributed by atoms with Crippen LogP contribution in [0.2, 0.25) is 0 Å². The Hall–Kier alpha value is -3.91. The number of rotatable bonds is 10. The molecule has 4 heteroatoms. The first-order valence-electron chi connectivity index (χ1n) is 22.9. The first kappa shape index (κ1) is 45.1. The highest BCUT2D eigenvalue weighted by Crippen LogP contribution is 2.62. The second-order valence-electron chi connectivity index (χ2n) is 22.1. The summed E-state index contributed by atoms with van der Waals surface area (Å²) in [5.74, 6) is 2.37. The summed E-state index contributed by atoms with van der Waals surface area (Å²) in [5, 5.41) is 0. The molecular weight excluding hydrogens is 764 g/mol. The van der Waals surface area contributed by atoms with E-state index in [1.807, 2.05) is 0 Å². The molecule has 0 spiro atoms. The van der Waals surface area contributed by atoms with E-state index < -0.39 is 7.92 Å². The number of hydrogen-bond donors (Lipinski definition) is 0. The van der Waals surface area contributed by atoms with Gasteiger partial charge in [0.1, 0.15) is 18.1 Å². The van der Waals surface area contributed by atoms with Crippen LogP contribution in [0, 0.1) is 5.92 Å². The lowest BCUT2D eigenvalue weighted by atomic mass is 9.75. The van der Waals surface area contributed by atoms with Crippen molar-refractivity contribution in [3.8, 4) is 22.6 Å². The van der Waals surface area contributed by atoms with E-state index in [-0.39, 0.29) is 33.9 Å². The van der Waals surface area contributed by atoms with Crippen molar-refractivity contribution in [2.75, 3.05) is 13.2 Å². The monoisotopic (exact) mass is 837 g/mol. The molecule has 1 heterocycles. The van der Waals surface area contributed by atoms with Crippen LogP contribution >= 0.6 is 7.92 Å². The molecule has 7 rings (SSSR count). The van der Waals surface area contributed by atoms with Crippen molar-refractivity contribution in [2.45, 2.75) is 154 Å². The Balaban J connectivity index is 1.28. The predicted molar refractivity (Wildman–Crippen MR) is 260 cm³/mol. The minimum absolute atomic E-state index is 0.0404. The molecule has 2 aliphatic rings. The Morgan fingerprint density at radius 1 is 0.574 bits per heavy atom. The lowest BCUT2D eigenvalue weighted by molar-refractivity contribution is -0.0301. The van der Waals surface area contributed by atoms with Gasteiger partial charge in [-0.05, 0) is 92.7 Å². The highest BCUT2D eigenvalue weighted by Gasteiger charge is 2.41. The van der Waals surface area contributed by atoms with E-state index in [1.165, 1.54) is 51.8 Å². The van der Waals surface area contributed by atoms with Crippen molar-refractivity contribution in [3.05, 3.63) is 154 Å². The second-order valence-corrected chi connectivity index (χ2v) is 24.4. The minimum atomic E-state index is -0.480. The molecule has 3 unspecified atom stereocenters. The third-order valence-electron chi connectivity index (χ3n) is 12.9. The maximum absolute atomic E-state index is 7.37. The molecule has 0 N–H and O–H groups in total. The average Bonchev–Trinajstić information content (AvgIpc) is 3.65. The lowest BCUT2D eigenvalue weighted by Gasteiger charge is -2.37. The third-order valence-corrected chi connectivity index (χ3v) is 15.9. The van der Waals surface area contributed by atoms with Crippen LogP contribution in [0.1, 0.15) is 147 Å². The van der Waals surface area contributed by atoms with Crippen LogP contribution in [0.4, 0.5) is 0 Å². The van der Waals surface area contributed by atoms with Crippen molar-refractivity contribution in [2.24, 2.45) is 5.92 Å². The van der Waals surface area contributed by atoms with Gasteiger partial charge in [-0.1, -0.05) is 201 Å². The van der Waals surface area contributed by atoms with Crippen LogP contribution in [-0.4, -0.2) is 25.4 Å². The summed E-state index contributed by atoms with van der Waals surface area (Å²) in [6.45, 7) is 28.7. The molecule has 5 aromatic rings. The van der Waals surface area contributed by atoms with Crippen molar-refractivity contribution < 1.29 is 14.2 Å². The summed E-state index contributed by atoms with van der Waals surface area (Å²) in [6.07, 6.45) is 5.42. The summed E-state index contributed by atoms with van der Waals surface area (Å²) >= 11 is 0. The van der Waals surface area contributed by atoms with E-state index in [1.54, 1.807) is 0 Å². The molecule has 0 radical (unpaired) electrons. The number of ether oxygens (including phenoxy) is 3. The minimum Gasteiger partial charge on any atom is -0.489 e. The fraction of sp³-hybridized carbons (Fsp3) is 0.474. The molecular formula is C57H73O3P. The number of hydrogen-bond acceptors (Lipinski definition) is 3. The van der Waals surface area contributed by atoms with Crippen LogP contribution in [0.15, 0.2) is 115 Å². The molecule has 5 aromatic carbocycles. The van der Waals surface area contributed by atoms with Gasteiger partial charge in [0, 0.05) is 27.9 Å². The average molecular weight is 837 g/mol. The summed E-state index contributed by atoms with van der Waals surface area (Å²) in [7, 11) is -0.480. The molecule has 1 saturated carbocycles. The standard InChI is InChI=1S/C57H73O3P/c1-54(2,3)42-31-46-47-32-43(55(4,5)6)34-49(57(10,11)12)52(47)60-44(36-59-51(46)48(33-42)56(7,8)9)35-58-50-30-22-29-45(50)53(41-27-20-15-21-28-41)61(37-39-23-16-13-17-24-39)38-40-25-18-14-19-26-40/h13-21,23-28,31-34,44-45,50,53H,22,29-30,35-38H2,1-12H3/t44-,45?,50?,53?/m0/s1. The maximum atomic E-state index is 7.37. The highest BCUT2D eigenvalue weighted by atomic mass is 31.1. The smallest absolute Gasteiger partial charge is 0.156 e. The normalized spacial score (nSPS) is 19.0. The van der Waals surface area contributed by atoms with Crippen LogP contribution in [0.5, 0.6) is 11.5 Å². The first-order chi connectivity index (χ1) is 28.8. The van der Waals surface area contributed by atoms with Crippen molar-refractivity contribution >= 4 is 7.92 Å². The molecule has 1 aliphatic heterocycles. The van der Waals surface area contributed by atoms with Gasteiger partial charge >= 0.3 is 0 Å². The van der Waals surface area contributed by atoms with Gasteiger partial charge in [0.25, 0.3) is 0 Å². The molecule has 0 amide bonds. The van der Waals surface area contributed by atoms with E-state index in [4.69, 9.17) is 14.2 Å². The summed E-state index contributed by atoms with van der Waals surface area (Å²) in [5.41, 5.74) is 11.7. The Labute approximate surface area is 370 Å². The zero-order chi connectivity index (χ0) is 43.7. The van der Waals surface area contributed by atoms with Gasteiger partial charge in [-0.2, -0.15) is 0 Å². The first-order valence-corrected chi connectivity index (χ1v) is 24.7. The van der Waals surface area contributed by atoms with E-state index in [2.05, 4.69) is 198 Å². The van der Waals surface area contributed by atoms with Gasteiger partial charge in [0.2, 0.25) is 0 Å². The van der Waals surface area contributed by atoms with Gasteiger partial charge < -0.3 is 14.2 Å². The maximum Gasteiger partial charge on any atom is 0.156 e. The Morgan fingerprint density at radius 2 is 1.05 bits per heavy atom. The van der Waals surface area contributed by atoms with Crippen LogP contribution < -0.4 is 9.47 Å². The number of benzene rings is 5. The fourth-order valence-corrected chi connectivity index (χ4v) is 12.7. The Kier molecular flexibility index (Phi) is 13.4. The quantitative estimate of drug-likeness (QED) is 0.131. The van der Waals surface area contributed by atoms with E-state index >= 15 is 0 Å². The summed E-state index contributed by atoms with van der Waals surface area (Å²) in [4.78, 5) is 0. The molecule has 3 nitrogen and oxygen atoms in total. The molecule has 0 aromatic heterocycles. The topological polar surface area (TPSA) is 27.7 Å². The largest absolute Gasteiger partial charge is 0.489 e. The molecule has 0 bridgehead atoms. The highest BCUT2D eigenvalue weighted by molar-refractivity contribution is 7.56. The van der Waals surface area contributed by atoms with Crippen molar-refractivity contribution in [1.82, 2.24) is 0 Å². The van der Waals surface area contributed by atoms with Crippen molar-refractivity contribution in [3.63, 3.8) is 0 Å². The Bertz CT molecular complexity index is 2180. The zero-order valence-electron chi connectivity index (χ0n) is 39.4. The van der Waals surface area contributed by atoms with E-state index in [9.17, 15) is 0 Å². The second kappa shape index (κ2) is 18.1. The van der Waals surface area contributed by atoms with Gasteiger partial charge in [-0.15, -0.1) is 0 Å². The van der Waals surface area contributed by atoms with Crippen LogP contribution in [0.25, 0.3) is 11.1 Å². The Morgan fingerprint density at radius 3 is 1.54 bits per heavy atom. The molecule has 1 fully saturated rings. The molecule has 1 aliphatic carbocycles. The lowest BCUT2D eigenvalue weighted by Crippen LogP contribution is -2.36. The van der Waals surface area contributed by atoms with Gasteiger partial charge in [-0.25, -0.2) is 0 Å². The van der Waals surface area contributed by atoms with E-state index in [0.717, 1.165) is 41.4 Å². The SMILES string of the molecule is CC(C)(C)c1cc2c(c(C(C)(C)C)c1)OC[C@H](COC1CCCC1C(c1ccccc1)P(Cc1ccccc1)Cc1ccccc1)Oc1c-2cc(C(C)(C)C)cc1C(C)(C)C. The molecule has 0 saturated heterocycles. The van der Waals surface area contributed by atoms with Crippen LogP contribution in [-0.2, 0) is 38.7 Å². The van der Waals surface area contributed by atoms with Gasteiger partial charge in [0.15, 0.2) is 6.10 Å². The molecule has 324 valence electrons. The van der Waals surface area contributed by atoms with Gasteiger partial charge in [-0.3, -0.25) is 0 Å². The number of fused-ring (bicyclic) bond motifs is 3. The van der Waals surface area contributed by atoms with E-state index in [0.29, 0.717) is 24.8 Å². The molecule has 61 heavy (non-hydrogen) atoms. The summed E-state index contributed by atoms with van der Waals surface area (Å²) in [6, 6.07) is 43.3. The van der Waals surface area contributed by atoms with Crippen molar-refractivity contribution in [1.29, 1.82) is 0 Å². The fourth-order valence-electron chi connectivity index (χ4n) is 9.40. The zero-order valence-corrected chi connectivity index (χ0v) is 40.3. The van der Waals surface area contributed by atoms with Crippen LogP contribution in [0.3, 0.4) is 0 Å². The predicted octanol–water partition coefficient (Wildman–Crippen LogP) is 15.5. The third kappa shape index (κ3) is 10.7. The van der Waals surface area contributed by atoms with Gasteiger partial charge in [0.05, 0.1) is 12.7 Å².